The van der Waals surface area contributed by atoms with Gasteiger partial charge in [-0.1, -0.05) is 11.6 Å². The normalized spacial score (nSPS) is 24.0. The number of carbonyl (C=O) groups is 1. The largest absolute Gasteiger partial charge is 0.489 e. The third-order valence-electron chi connectivity index (χ3n) is 6.31. The van der Waals surface area contributed by atoms with E-state index in [9.17, 15) is 13.2 Å². The molecule has 184 valence electrons. The average molecular weight is 578 g/mol. The summed E-state index contributed by atoms with van der Waals surface area (Å²) >= 11 is 9.50. The van der Waals surface area contributed by atoms with E-state index in [2.05, 4.69) is 25.9 Å². The van der Waals surface area contributed by atoms with Crippen LogP contribution >= 0.6 is 27.5 Å². The van der Waals surface area contributed by atoms with Crippen molar-refractivity contribution < 1.29 is 27.1 Å². The summed E-state index contributed by atoms with van der Waals surface area (Å²) in [5.41, 5.74) is -0.820. The molecule has 9 nitrogen and oxygen atoms in total. The van der Waals surface area contributed by atoms with E-state index < -0.39 is 32.5 Å². The minimum Gasteiger partial charge on any atom is -0.489 e. The molecule has 2 aromatic rings. The lowest BCUT2D eigenvalue weighted by molar-refractivity contribution is 0.0232. The Kier molecular flexibility index (Phi) is 5.45. The Morgan fingerprint density at radius 3 is 2.68 bits per heavy atom. The van der Waals surface area contributed by atoms with Crippen LogP contribution in [0.2, 0.25) is 5.02 Å². The number of sulfone groups is 1. The minimum absolute atomic E-state index is 0.0239. The van der Waals surface area contributed by atoms with Crippen molar-refractivity contribution in [2.24, 2.45) is 5.92 Å². The molecular weight excluding hydrogens is 555 g/mol. The average Bonchev–Trinajstić information content (AvgIpc) is 3.26. The van der Waals surface area contributed by atoms with Crippen molar-refractivity contribution in [2.45, 2.75) is 50.0 Å². The molecule has 0 radical (unpaired) electrons. The van der Waals surface area contributed by atoms with Gasteiger partial charge in [0.1, 0.15) is 28.6 Å². The summed E-state index contributed by atoms with van der Waals surface area (Å²) in [7, 11) is -3.85. The molecule has 6 rings (SSSR count). The molecule has 1 saturated carbocycles. The maximum atomic E-state index is 15.2. The second kappa shape index (κ2) is 7.79. The molecule has 4 aliphatic rings. The predicted octanol–water partition coefficient (Wildman–Crippen LogP) is 3.79. The van der Waals surface area contributed by atoms with Gasteiger partial charge in [-0.05, 0) is 43.1 Å². The highest BCUT2D eigenvalue weighted by Crippen LogP contribution is 2.50. The van der Waals surface area contributed by atoms with Crippen LogP contribution < -0.4 is 9.64 Å². The first kappa shape index (κ1) is 23.8. The number of rotatable bonds is 2. The van der Waals surface area contributed by atoms with Crippen LogP contribution in [0.25, 0.3) is 10.9 Å². The molecule has 4 heterocycles. The maximum Gasteiger partial charge on any atom is 0.410 e. The number of carbonyl (C=O) groups excluding carboxylic acids is 1. The first-order valence-electron chi connectivity index (χ1n) is 10.7. The summed E-state index contributed by atoms with van der Waals surface area (Å²) in [6.07, 6.45) is 1.37. The monoisotopic (exact) mass is 576 g/mol. The molecule has 1 amide bonds. The van der Waals surface area contributed by atoms with Crippen LogP contribution in [0.15, 0.2) is 9.63 Å². The minimum atomic E-state index is -3.85. The predicted molar refractivity (Wildman–Crippen MR) is 127 cm³/mol. The van der Waals surface area contributed by atoms with Crippen molar-refractivity contribution in [3.05, 3.63) is 15.3 Å². The molecule has 3 fully saturated rings. The van der Waals surface area contributed by atoms with Crippen molar-refractivity contribution in [3.8, 4) is 5.75 Å². The Morgan fingerprint density at radius 2 is 2.03 bits per heavy atom. The van der Waals surface area contributed by atoms with Gasteiger partial charge in [0.2, 0.25) is 15.0 Å². The van der Waals surface area contributed by atoms with Gasteiger partial charge in [-0.15, -0.1) is 0 Å². The molecule has 1 aromatic heterocycles. The van der Waals surface area contributed by atoms with Crippen LogP contribution in [-0.2, 0) is 14.6 Å². The van der Waals surface area contributed by atoms with Crippen molar-refractivity contribution in [1.29, 1.82) is 0 Å². The van der Waals surface area contributed by atoms with Crippen molar-refractivity contribution >= 4 is 60.2 Å². The van der Waals surface area contributed by atoms with Gasteiger partial charge in [0.25, 0.3) is 0 Å². The molecule has 3 aliphatic heterocycles. The second-order valence-corrected chi connectivity index (χ2v) is 12.9. The van der Waals surface area contributed by atoms with Gasteiger partial charge in [-0.3, -0.25) is 0 Å². The smallest absolute Gasteiger partial charge is 0.410 e. The van der Waals surface area contributed by atoms with E-state index in [1.807, 2.05) is 25.7 Å². The number of benzene rings is 1. The van der Waals surface area contributed by atoms with E-state index in [0.29, 0.717) is 13.1 Å². The van der Waals surface area contributed by atoms with Crippen LogP contribution in [0.4, 0.5) is 15.0 Å². The molecule has 2 bridgehead atoms. The summed E-state index contributed by atoms with van der Waals surface area (Å²) < 4.78 is 51.4. The molecule has 3 atom stereocenters. The van der Waals surface area contributed by atoms with E-state index in [1.54, 1.807) is 4.90 Å². The molecule has 3 unspecified atom stereocenters. The van der Waals surface area contributed by atoms with Gasteiger partial charge < -0.3 is 19.3 Å². The summed E-state index contributed by atoms with van der Waals surface area (Å²) in [6, 6.07) is -0.304. The van der Waals surface area contributed by atoms with Gasteiger partial charge in [0.05, 0.1) is 28.5 Å². The third kappa shape index (κ3) is 3.69. The van der Waals surface area contributed by atoms with Gasteiger partial charge in [-0.2, -0.15) is 0 Å². The maximum absolute atomic E-state index is 15.2. The zero-order chi connectivity index (χ0) is 24.7. The highest BCUT2D eigenvalue weighted by Gasteiger charge is 2.57. The van der Waals surface area contributed by atoms with Crippen LogP contribution in [0.1, 0.15) is 27.2 Å². The number of hydrogen-bond acceptors (Lipinski definition) is 8. The summed E-state index contributed by atoms with van der Waals surface area (Å²) in [4.78, 5) is 24.8. The number of amides is 1. The Bertz CT molecular complexity index is 1340. The molecule has 0 spiro atoms. The molecule has 1 aromatic carbocycles. The van der Waals surface area contributed by atoms with Crippen molar-refractivity contribution in [2.75, 3.05) is 30.9 Å². The third-order valence-corrected chi connectivity index (χ3v) is 8.49. The van der Waals surface area contributed by atoms with Gasteiger partial charge in [0.15, 0.2) is 11.6 Å². The number of hydrogen-bond donors (Lipinski definition) is 0. The highest BCUT2D eigenvalue weighted by molar-refractivity contribution is 9.10. The van der Waals surface area contributed by atoms with E-state index in [4.69, 9.17) is 21.1 Å². The Balaban J connectivity index is 1.64. The zero-order valence-electron chi connectivity index (χ0n) is 18.9. The van der Waals surface area contributed by atoms with Gasteiger partial charge in [0, 0.05) is 18.7 Å². The first-order chi connectivity index (χ1) is 15.8. The second-order valence-electron chi connectivity index (χ2n) is 9.82. The number of aromatic nitrogens is 2. The van der Waals surface area contributed by atoms with Crippen molar-refractivity contribution in [1.82, 2.24) is 14.9 Å². The number of anilines is 1. The first-order valence-corrected chi connectivity index (χ1v) is 13.8. The summed E-state index contributed by atoms with van der Waals surface area (Å²) in [5, 5.41) is -0.252. The Labute approximate surface area is 209 Å². The van der Waals surface area contributed by atoms with Crippen LogP contribution in [0.5, 0.6) is 5.75 Å². The number of halogens is 3. The summed E-state index contributed by atoms with van der Waals surface area (Å²) in [6.45, 7) is 6.50. The SMILES string of the molecule is CC(C)(C)OC(=O)N1CC2CC1C2N1CCOc2c(Cl)c(Br)c(F)c3nc(S(C)(=O)=O)nc1c23. The fourth-order valence-electron chi connectivity index (χ4n) is 4.94. The quantitative estimate of drug-likeness (QED) is 0.393. The standard InChI is InChI=1S/C21H23BrClFN4O5S/c1-21(2,3)33-20(29)28-8-9-7-10(28)16(9)27-5-6-32-17-11-15(14(24)12(22)13(17)23)25-19(26-18(11)27)34(4,30)31/h9-10,16H,5-8H2,1-4H3. The van der Waals surface area contributed by atoms with E-state index in [1.165, 1.54) is 0 Å². The Morgan fingerprint density at radius 1 is 1.32 bits per heavy atom. The van der Waals surface area contributed by atoms with E-state index >= 15 is 4.39 Å². The number of fused-ring (bicyclic) bond motifs is 1. The molecule has 13 heteroatoms. The van der Waals surface area contributed by atoms with Crippen LogP contribution in [0, 0.1) is 11.7 Å². The lowest BCUT2D eigenvalue weighted by Gasteiger charge is -2.44. The number of ether oxygens (including phenoxy) is 2. The van der Waals surface area contributed by atoms with Crippen LogP contribution in [0.3, 0.4) is 0 Å². The highest BCUT2D eigenvalue weighted by atomic mass is 79.9. The molecule has 2 saturated heterocycles. The number of nitrogens with zero attached hydrogens (tertiary/aromatic N) is 4. The fraction of sp³-hybridized carbons (Fsp3) is 0.571. The summed E-state index contributed by atoms with van der Waals surface area (Å²) in [5.74, 6) is -0.244. The van der Waals surface area contributed by atoms with E-state index in [0.717, 1.165) is 12.7 Å². The van der Waals surface area contributed by atoms with E-state index in [-0.39, 0.29) is 56.6 Å². The fourth-order valence-corrected chi connectivity index (χ4v) is 6.05. The molecular formula is C21H23BrClFN4O5S. The topological polar surface area (TPSA) is 102 Å². The molecule has 1 aliphatic carbocycles. The van der Waals surface area contributed by atoms with Crippen molar-refractivity contribution in [3.63, 3.8) is 0 Å². The lowest BCUT2D eigenvalue weighted by atomic mass is 9.78. The van der Waals surface area contributed by atoms with Crippen LogP contribution in [-0.4, -0.2) is 73.0 Å². The molecule has 0 N–H and O–H groups in total. The van der Waals surface area contributed by atoms with Gasteiger partial charge in [-0.25, -0.2) is 27.6 Å². The molecule has 34 heavy (non-hydrogen) atoms. The Hall–Kier alpha value is -1.92. The van der Waals surface area contributed by atoms with Gasteiger partial charge >= 0.3 is 6.09 Å². The zero-order valence-corrected chi connectivity index (χ0v) is 22.1. The lowest BCUT2D eigenvalue weighted by Crippen LogP contribution is -2.57.